The van der Waals surface area contributed by atoms with Gasteiger partial charge in [0, 0.05) is 0 Å². The van der Waals surface area contributed by atoms with Gasteiger partial charge >= 0.3 is 163 Å². The van der Waals surface area contributed by atoms with Crippen molar-refractivity contribution >= 4 is 18.4 Å². The predicted molar refractivity (Wildman–Crippen MR) is 115 cm³/mol. The average Bonchev–Trinajstić information content (AvgIpc) is 2.66. The van der Waals surface area contributed by atoms with E-state index in [1.807, 2.05) is 0 Å². The van der Waals surface area contributed by atoms with Gasteiger partial charge in [-0.1, -0.05) is 0 Å². The molecular formula is C22H45NOSn. The first kappa shape index (κ1) is 23.5. The number of hydrogen-bond acceptors (Lipinski definition) is 2. The van der Waals surface area contributed by atoms with Crippen molar-refractivity contribution in [1.82, 2.24) is 4.90 Å². The molecule has 0 amide bonds. The van der Waals surface area contributed by atoms with Crippen LogP contribution >= 0.6 is 0 Å². The first-order valence-electron chi connectivity index (χ1n) is 11.2. The predicted octanol–water partition coefficient (Wildman–Crippen LogP) is 6.43. The molecule has 3 heteroatoms. The molecule has 1 rings (SSSR count). The van der Waals surface area contributed by atoms with Crippen molar-refractivity contribution in [3.8, 4) is 0 Å². The summed E-state index contributed by atoms with van der Waals surface area (Å²) >= 11 is -2.00. The maximum atomic E-state index is 5.43. The number of nitrogens with zero attached hydrogens (tertiary/aromatic N) is 1. The molecule has 0 radical (unpaired) electrons. The number of allylic oxidation sites excluding steroid dienone is 1. The molecule has 0 spiro atoms. The van der Waals surface area contributed by atoms with Gasteiger partial charge in [0.2, 0.25) is 0 Å². The fourth-order valence-corrected chi connectivity index (χ4v) is 18.5. The molecule has 25 heavy (non-hydrogen) atoms. The quantitative estimate of drug-likeness (QED) is 0.207. The van der Waals surface area contributed by atoms with Crippen LogP contribution in [-0.2, 0) is 4.74 Å². The number of ether oxygens (including phenoxy) is 1. The van der Waals surface area contributed by atoms with E-state index in [4.69, 9.17) is 4.74 Å². The molecule has 1 aliphatic rings. The SMILES string of the molecule is CCC[CH2][Sn](/[CH]=C/CCCCN1CCOCC1)([CH2]CCC)[CH2]CCC. The third kappa shape index (κ3) is 11.0. The third-order valence-electron chi connectivity index (χ3n) is 5.75. The summed E-state index contributed by atoms with van der Waals surface area (Å²) < 4.78 is 13.1. The van der Waals surface area contributed by atoms with Crippen molar-refractivity contribution in [2.24, 2.45) is 0 Å². The van der Waals surface area contributed by atoms with E-state index in [-0.39, 0.29) is 0 Å². The Labute approximate surface area is 162 Å². The van der Waals surface area contributed by atoms with E-state index < -0.39 is 18.4 Å². The zero-order chi connectivity index (χ0) is 18.2. The zero-order valence-electron chi connectivity index (χ0n) is 17.5. The van der Waals surface area contributed by atoms with Crippen molar-refractivity contribution in [3.63, 3.8) is 0 Å². The van der Waals surface area contributed by atoms with Gasteiger partial charge in [0.25, 0.3) is 0 Å². The fraction of sp³-hybridized carbons (Fsp3) is 0.909. The van der Waals surface area contributed by atoms with Crippen LogP contribution in [0.5, 0.6) is 0 Å². The van der Waals surface area contributed by atoms with Crippen molar-refractivity contribution < 1.29 is 4.74 Å². The molecule has 0 saturated carbocycles. The van der Waals surface area contributed by atoms with Crippen molar-refractivity contribution in [2.75, 3.05) is 32.8 Å². The Morgan fingerprint density at radius 1 is 0.800 bits per heavy atom. The molecule has 1 aliphatic heterocycles. The second kappa shape index (κ2) is 15.5. The second-order valence-corrected chi connectivity index (χ2v) is 21.0. The Morgan fingerprint density at radius 3 is 1.88 bits per heavy atom. The molecule has 0 unspecified atom stereocenters. The number of morpholine rings is 1. The molecule has 1 heterocycles. The molecule has 1 saturated heterocycles. The minimum absolute atomic E-state index is 0.934. The Balaban J connectivity index is 2.39. The van der Waals surface area contributed by atoms with Crippen LogP contribution in [0.4, 0.5) is 0 Å². The number of unbranched alkanes of at least 4 members (excludes halogenated alkanes) is 5. The van der Waals surface area contributed by atoms with Gasteiger partial charge < -0.3 is 0 Å². The van der Waals surface area contributed by atoms with E-state index >= 15 is 0 Å². The van der Waals surface area contributed by atoms with Crippen LogP contribution in [0, 0.1) is 0 Å². The van der Waals surface area contributed by atoms with Crippen molar-refractivity contribution in [2.45, 2.75) is 91.9 Å². The molecule has 0 aliphatic carbocycles. The summed E-state index contributed by atoms with van der Waals surface area (Å²) in [5.74, 6) is 0. The van der Waals surface area contributed by atoms with Crippen molar-refractivity contribution in [3.05, 3.63) is 10.2 Å². The van der Waals surface area contributed by atoms with Gasteiger partial charge in [0.05, 0.1) is 0 Å². The first-order chi connectivity index (χ1) is 12.3. The Bertz CT molecular complexity index is 304. The Kier molecular flexibility index (Phi) is 14.6. The van der Waals surface area contributed by atoms with E-state index in [1.54, 1.807) is 13.3 Å². The molecule has 0 bridgehead atoms. The van der Waals surface area contributed by atoms with Gasteiger partial charge in [0.15, 0.2) is 0 Å². The van der Waals surface area contributed by atoms with E-state index in [0.717, 1.165) is 26.3 Å². The first-order valence-corrected chi connectivity index (χ1v) is 18.9. The third-order valence-corrected chi connectivity index (χ3v) is 20.0. The van der Waals surface area contributed by atoms with Crippen LogP contribution < -0.4 is 0 Å². The summed E-state index contributed by atoms with van der Waals surface area (Å²) in [5.41, 5.74) is 0. The van der Waals surface area contributed by atoms with Gasteiger partial charge in [-0.3, -0.25) is 0 Å². The summed E-state index contributed by atoms with van der Waals surface area (Å²) in [4.78, 5) is 2.57. The summed E-state index contributed by atoms with van der Waals surface area (Å²) in [5, 5.41) is 0. The monoisotopic (exact) mass is 459 g/mol. The van der Waals surface area contributed by atoms with Gasteiger partial charge in [-0.15, -0.1) is 0 Å². The molecule has 0 N–H and O–H groups in total. The molecule has 0 aromatic carbocycles. The summed E-state index contributed by atoms with van der Waals surface area (Å²) in [7, 11) is 0. The topological polar surface area (TPSA) is 12.5 Å². The average molecular weight is 458 g/mol. The van der Waals surface area contributed by atoms with Gasteiger partial charge in [-0.2, -0.15) is 0 Å². The van der Waals surface area contributed by atoms with Crippen LogP contribution in [0.2, 0.25) is 13.3 Å². The van der Waals surface area contributed by atoms with Crippen LogP contribution in [0.15, 0.2) is 10.2 Å². The van der Waals surface area contributed by atoms with Crippen LogP contribution in [0.25, 0.3) is 0 Å². The van der Waals surface area contributed by atoms with E-state index in [2.05, 4.69) is 35.8 Å². The molecule has 2 nitrogen and oxygen atoms in total. The van der Waals surface area contributed by atoms with Crippen LogP contribution in [0.1, 0.15) is 78.6 Å². The maximum absolute atomic E-state index is 5.43. The van der Waals surface area contributed by atoms with Gasteiger partial charge in [-0.25, -0.2) is 0 Å². The van der Waals surface area contributed by atoms with Gasteiger partial charge in [0.1, 0.15) is 0 Å². The molecule has 0 aromatic rings. The van der Waals surface area contributed by atoms with E-state index in [1.165, 1.54) is 64.3 Å². The summed E-state index contributed by atoms with van der Waals surface area (Å²) in [6, 6.07) is 0. The molecule has 148 valence electrons. The van der Waals surface area contributed by atoms with Crippen LogP contribution in [-0.4, -0.2) is 56.1 Å². The summed E-state index contributed by atoms with van der Waals surface area (Å²) in [6.45, 7) is 12.5. The molecule has 0 atom stereocenters. The van der Waals surface area contributed by atoms with E-state index in [9.17, 15) is 0 Å². The molecule has 1 fully saturated rings. The van der Waals surface area contributed by atoms with E-state index in [0.29, 0.717) is 0 Å². The normalized spacial score (nSPS) is 16.8. The fourth-order valence-electron chi connectivity index (χ4n) is 3.97. The molecule has 0 aromatic heterocycles. The number of hydrogen-bond donors (Lipinski definition) is 0. The Hall–Kier alpha value is 0.459. The summed E-state index contributed by atoms with van der Waals surface area (Å²) in [6.07, 6.45) is 15.2. The standard InChI is InChI=1S/C10H18NO.3C4H9.Sn/c1-2-3-4-5-6-11-7-9-12-10-8-11;3*1-3-4-2;/h1-2H,3-10H2;3*1,3-4H2,2H3;. The minimum atomic E-state index is -2.00. The van der Waals surface area contributed by atoms with Crippen molar-refractivity contribution in [1.29, 1.82) is 0 Å². The van der Waals surface area contributed by atoms with Crippen LogP contribution in [0.3, 0.4) is 0 Å². The zero-order valence-corrected chi connectivity index (χ0v) is 20.4. The Morgan fingerprint density at radius 2 is 1.36 bits per heavy atom. The van der Waals surface area contributed by atoms with Gasteiger partial charge in [-0.05, 0) is 0 Å². The number of rotatable bonds is 15. The molecular weight excluding hydrogens is 413 g/mol. The second-order valence-electron chi connectivity index (χ2n) is 8.03.